The van der Waals surface area contributed by atoms with Gasteiger partial charge in [-0.3, -0.25) is 24.2 Å². The number of carbonyl (C=O) groups excluding carboxylic acids is 3. The number of Topliss-reactive ketones (excluding diaryl/α,β-unsaturated/α-hetero) is 2. The molecule has 0 aromatic heterocycles. The number of benzene rings is 1. The van der Waals surface area contributed by atoms with Gasteiger partial charge < -0.3 is 26.2 Å². The molecular weight excluding hydrogens is 538 g/mol. The van der Waals surface area contributed by atoms with E-state index in [9.17, 15) is 34.8 Å². The van der Waals surface area contributed by atoms with E-state index in [0.717, 1.165) is 25.9 Å². The third kappa shape index (κ3) is 4.15. The summed E-state index contributed by atoms with van der Waals surface area (Å²) < 4.78 is 0. The van der Waals surface area contributed by atoms with Crippen molar-refractivity contribution in [2.45, 2.75) is 57.7 Å². The fraction of sp³-hybridized carbons (Fsp3) is 0.552. The van der Waals surface area contributed by atoms with E-state index in [-0.39, 0.29) is 35.1 Å². The van der Waals surface area contributed by atoms with Crippen molar-refractivity contribution < 1.29 is 34.8 Å². The van der Waals surface area contributed by atoms with E-state index in [1.165, 1.54) is 11.0 Å². The number of allylic oxidation sites excluding steroid dienone is 1. The van der Waals surface area contributed by atoms with Crippen LogP contribution in [0.5, 0.6) is 5.75 Å². The van der Waals surface area contributed by atoms with Crippen molar-refractivity contribution in [3.63, 3.8) is 0 Å². The Kier molecular flexibility index (Phi) is 6.85. The third-order valence-corrected chi connectivity index (χ3v) is 9.58. The van der Waals surface area contributed by atoms with Crippen molar-refractivity contribution in [1.29, 1.82) is 0 Å². The van der Waals surface area contributed by atoms with Crippen molar-refractivity contribution in [2.24, 2.45) is 23.0 Å². The highest BCUT2D eigenvalue weighted by Gasteiger charge is 2.63. The van der Waals surface area contributed by atoms with E-state index in [0.29, 0.717) is 22.7 Å². The van der Waals surface area contributed by atoms with E-state index in [2.05, 4.69) is 18.7 Å². The van der Waals surface area contributed by atoms with E-state index in [1.807, 2.05) is 0 Å². The molecule has 1 fully saturated rings. The van der Waals surface area contributed by atoms with Crippen LogP contribution >= 0.6 is 11.6 Å². The summed E-state index contributed by atoms with van der Waals surface area (Å²) in [6.07, 6.45) is 2.36. The number of rotatable bonds is 4. The van der Waals surface area contributed by atoms with Gasteiger partial charge in [0, 0.05) is 29.6 Å². The Hall–Kier alpha value is -2.92. The fourth-order valence-electron chi connectivity index (χ4n) is 7.39. The quantitative estimate of drug-likeness (QED) is 0.340. The number of aliphatic hydroxyl groups excluding tert-OH is 2. The topological polar surface area (TPSA) is 165 Å². The number of aromatic hydroxyl groups is 1. The number of ketones is 2. The highest BCUT2D eigenvalue weighted by molar-refractivity contribution is 6.33. The number of aliphatic hydroxyl groups is 3. The molecule has 1 aromatic rings. The van der Waals surface area contributed by atoms with Crippen LogP contribution in [0.3, 0.4) is 0 Å². The van der Waals surface area contributed by atoms with Gasteiger partial charge in [-0.15, -0.1) is 0 Å². The fourth-order valence-corrected chi connectivity index (χ4v) is 7.68. The van der Waals surface area contributed by atoms with Gasteiger partial charge in [-0.25, -0.2) is 0 Å². The molecule has 216 valence electrons. The minimum atomic E-state index is -2.66. The maximum atomic E-state index is 13.8. The minimum absolute atomic E-state index is 0.0212. The van der Waals surface area contributed by atoms with Crippen LogP contribution in [0.25, 0.3) is 0 Å². The number of phenolic OH excluding ortho intramolecular Hbond substituents is 1. The van der Waals surface area contributed by atoms with Gasteiger partial charge in [0.25, 0.3) is 5.91 Å². The summed E-state index contributed by atoms with van der Waals surface area (Å²) in [5.41, 5.74) is 2.90. The van der Waals surface area contributed by atoms with Crippen LogP contribution < -0.4 is 5.73 Å². The predicted octanol–water partition coefficient (Wildman–Crippen LogP) is 2.40. The van der Waals surface area contributed by atoms with Gasteiger partial charge in [0.15, 0.2) is 11.4 Å². The lowest BCUT2D eigenvalue weighted by Crippen LogP contribution is -2.63. The zero-order chi connectivity index (χ0) is 29.5. The molecule has 4 aliphatic rings. The summed E-state index contributed by atoms with van der Waals surface area (Å²) >= 11 is 6.89. The lowest BCUT2D eigenvalue weighted by Gasteiger charge is -2.50. The molecule has 0 bridgehead atoms. The molecule has 4 atom stereocenters. The lowest BCUT2D eigenvalue weighted by atomic mass is 9.58. The number of hydrogen-bond donors (Lipinski definition) is 5. The molecule has 1 saturated heterocycles. The Labute approximate surface area is 237 Å². The van der Waals surface area contributed by atoms with Gasteiger partial charge in [-0.2, -0.15) is 0 Å². The molecule has 1 aromatic carbocycles. The summed E-state index contributed by atoms with van der Waals surface area (Å²) in [6.45, 7) is 6.69. The molecule has 10 nitrogen and oxygen atoms in total. The minimum Gasteiger partial charge on any atom is -0.510 e. The Balaban J connectivity index is 1.60. The first kappa shape index (κ1) is 28.6. The molecule has 6 N–H and O–H groups in total. The number of amides is 1. The maximum Gasteiger partial charge on any atom is 0.255 e. The molecule has 1 heterocycles. The molecule has 1 amide bonds. The van der Waals surface area contributed by atoms with Crippen LogP contribution in [0.1, 0.15) is 54.6 Å². The molecule has 5 rings (SSSR count). The number of halogens is 1. The Morgan fingerprint density at radius 1 is 1.23 bits per heavy atom. The van der Waals surface area contributed by atoms with Gasteiger partial charge in [0.1, 0.15) is 22.8 Å². The summed E-state index contributed by atoms with van der Waals surface area (Å²) in [5.74, 6) is -6.77. The van der Waals surface area contributed by atoms with Crippen molar-refractivity contribution in [3.8, 4) is 5.75 Å². The number of likely N-dealkylation sites (N-methyl/N-ethyl adjacent to an activating group) is 1. The molecule has 0 saturated carbocycles. The predicted molar refractivity (Wildman–Crippen MR) is 147 cm³/mol. The van der Waals surface area contributed by atoms with Gasteiger partial charge in [0.2, 0.25) is 5.78 Å². The van der Waals surface area contributed by atoms with Crippen LogP contribution in [0, 0.1) is 17.3 Å². The molecule has 40 heavy (non-hydrogen) atoms. The van der Waals surface area contributed by atoms with E-state index >= 15 is 0 Å². The van der Waals surface area contributed by atoms with Crippen LogP contribution in [0.15, 0.2) is 28.7 Å². The standard InChI is InChI=1S/C29H36ClN3O7/c1-28(2)6-5-7-33(12-28)11-14-10-17(34)19-15(21(14)30)8-13-9-16-22(32(3)4)24(36)20(27(31)39)26(38)29(16,40)25(37)18(13)23(19)35/h10,13,16,22,34,36-37,40H,5-9,11-12H2,1-4H3,(H2,31,39)/t13-,16-,22-,29-/m0/s1. The van der Waals surface area contributed by atoms with Gasteiger partial charge in [0.05, 0.1) is 11.6 Å². The van der Waals surface area contributed by atoms with E-state index in [1.54, 1.807) is 14.1 Å². The normalized spacial score (nSPS) is 30.3. The first-order valence-corrected chi connectivity index (χ1v) is 13.9. The third-order valence-electron chi connectivity index (χ3n) is 9.10. The second kappa shape index (κ2) is 9.58. The number of likely N-dealkylation sites (tertiary alicyclic amines) is 1. The number of carbonyl (C=O) groups is 3. The Morgan fingerprint density at radius 3 is 2.50 bits per heavy atom. The number of primary amides is 1. The molecule has 3 aliphatic carbocycles. The zero-order valence-electron chi connectivity index (χ0n) is 23.1. The number of hydrogen-bond acceptors (Lipinski definition) is 9. The monoisotopic (exact) mass is 573 g/mol. The number of piperidine rings is 1. The number of nitrogens with two attached hydrogens (primary N) is 1. The lowest BCUT2D eigenvalue weighted by molar-refractivity contribution is -0.148. The second-order valence-electron chi connectivity index (χ2n) is 12.7. The number of phenols is 1. The average molecular weight is 574 g/mol. The van der Waals surface area contributed by atoms with Crippen LogP contribution in [0.4, 0.5) is 0 Å². The molecule has 1 aliphatic heterocycles. The largest absolute Gasteiger partial charge is 0.510 e. The summed E-state index contributed by atoms with van der Waals surface area (Å²) in [5, 5.41) is 45.3. The summed E-state index contributed by atoms with van der Waals surface area (Å²) in [7, 11) is 3.19. The van der Waals surface area contributed by atoms with Crippen molar-refractivity contribution in [3.05, 3.63) is 50.4 Å². The van der Waals surface area contributed by atoms with Crippen LogP contribution in [-0.4, -0.2) is 86.5 Å². The molecule has 0 radical (unpaired) electrons. The van der Waals surface area contributed by atoms with Crippen LogP contribution in [-0.2, 0) is 22.6 Å². The molecule has 0 unspecified atom stereocenters. The van der Waals surface area contributed by atoms with Gasteiger partial charge in [-0.05, 0) is 74.8 Å². The maximum absolute atomic E-state index is 13.8. The highest BCUT2D eigenvalue weighted by atomic mass is 35.5. The van der Waals surface area contributed by atoms with Crippen molar-refractivity contribution >= 4 is 29.1 Å². The zero-order valence-corrected chi connectivity index (χ0v) is 23.9. The molecular formula is C29H36ClN3O7. The number of nitrogens with zero attached hydrogens (tertiary/aromatic N) is 2. The molecule has 11 heteroatoms. The second-order valence-corrected chi connectivity index (χ2v) is 13.0. The van der Waals surface area contributed by atoms with Crippen molar-refractivity contribution in [2.75, 3.05) is 27.2 Å². The highest BCUT2D eigenvalue weighted by Crippen LogP contribution is 2.53. The summed E-state index contributed by atoms with van der Waals surface area (Å²) in [6, 6.07) is 0.432. The van der Waals surface area contributed by atoms with Gasteiger partial charge >= 0.3 is 0 Å². The van der Waals surface area contributed by atoms with E-state index in [4.69, 9.17) is 17.3 Å². The Morgan fingerprint density at radius 2 is 1.90 bits per heavy atom. The smallest absolute Gasteiger partial charge is 0.255 e. The first-order chi connectivity index (χ1) is 18.6. The summed E-state index contributed by atoms with van der Waals surface area (Å²) in [4.78, 5) is 43.1. The molecule has 0 spiro atoms. The first-order valence-electron chi connectivity index (χ1n) is 13.5. The average Bonchev–Trinajstić information content (AvgIpc) is 2.83. The Bertz CT molecular complexity index is 1400. The number of fused-ring (bicyclic) bond motifs is 3. The van der Waals surface area contributed by atoms with Crippen molar-refractivity contribution in [1.82, 2.24) is 9.80 Å². The SMILES string of the molecule is CN(C)[C@@H]1C(O)=C(C(N)=O)C(=O)[C@@]2(O)C(O)=C3C(=O)c4c(O)cc(CN5CCCC(C)(C)C5)c(Cl)c4C[C@H]3C[C@@H]12. The van der Waals surface area contributed by atoms with Gasteiger partial charge in [-0.1, -0.05) is 25.4 Å². The van der Waals surface area contributed by atoms with Crippen LogP contribution in [0.2, 0.25) is 5.02 Å². The van der Waals surface area contributed by atoms with E-state index < -0.39 is 58.0 Å².